The molecule has 0 aromatic rings. The zero-order valence-corrected chi connectivity index (χ0v) is 28.1. The molecule has 44 heavy (non-hydrogen) atoms. The summed E-state index contributed by atoms with van der Waals surface area (Å²) in [4.78, 5) is 36.4. The van der Waals surface area contributed by atoms with Crippen molar-refractivity contribution in [2.75, 3.05) is 41.0 Å². The van der Waals surface area contributed by atoms with Crippen LogP contribution in [0.4, 0.5) is 0 Å². The minimum Gasteiger partial charge on any atom is -0.477 e. The molecule has 0 aromatic carbocycles. The van der Waals surface area contributed by atoms with E-state index in [0.29, 0.717) is 19.3 Å². The van der Waals surface area contributed by atoms with Gasteiger partial charge in [0.05, 0.1) is 34.4 Å². The number of carboxylic acids is 1. The Labute approximate surface area is 267 Å². The van der Waals surface area contributed by atoms with E-state index >= 15 is 0 Å². The molecule has 250 valence electrons. The van der Waals surface area contributed by atoms with Crippen LogP contribution in [0, 0.1) is 0 Å². The highest BCUT2D eigenvalue weighted by Gasteiger charge is 2.31. The van der Waals surface area contributed by atoms with Gasteiger partial charge in [0.25, 0.3) is 0 Å². The van der Waals surface area contributed by atoms with Crippen molar-refractivity contribution in [2.24, 2.45) is 0 Å². The van der Waals surface area contributed by atoms with Crippen molar-refractivity contribution in [1.82, 2.24) is 0 Å². The Morgan fingerprint density at radius 3 is 2.05 bits per heavy atom. The summed E-state index contributed by atoms with van der Waals surface area (Å²) in [6.07, 6.45) is 30.2. The van der Waals surface area contributed by atoms with Gasteiger partial charge in [0, 0.05) is 19.3 Å². The second kappa shape index (κ2) is 27.6. The van der Waals surface area contributed by atoms with Crippen LogP contribution in [0.5, 0.6) is 0 Å². The Morgan fingerprint density at radius 1 is 0.705 bits per heavy atom. The molecule has 0 fully saturated rings. The molecule has 0 heterocycles. The van der Waals surface area contributed by atoms with Gasteiger partial charge in [-0.25, -0.2) is 4.79 Å². The zero-order chi connectivity index (χ0) is 32.9. The first kappa shape index (κ1) is 41.0. The number of carbonyl (C=O) groups excluding carboxylic acids is 2. The molecule has 0 aliphatic heterocycles. The van der Waals surface area contributed by atoms with Gasteiger partial charge < -0.3 is 23.8 Å². The van der Waals surface area contributed by atoms with Crippen molar-refractivity contribution in [1.29, 1.82) is 0 Å². The zero-order valence-electron chi connectivity index (χ0n) is 28.1. The first-order valence-corrected chi connectivity index (χ1v) is 16.4. The number of unbranched alkanes of at least 4 members (excludes halogenated alkanes) is 5. The molecule has 2 unspecified atom stereocenters. The molecule has 0 aromatic heterocycles. The fraction of sp³-hybridized carbons (Fsp3) is 0.639. The Morgan fingerprint density at radius 2 is 1.36 bits per heavy atom. The van der Waals surface area contributed by atoms with Crippen LogP contribution >= 0.6 is 0 Å². The number of quaternary nitrogens is 1. The van der Waals surface area contributed by atoms with Crippen LogP contribution in [0.25, 0.3) is 0 Å². The van der Waals surface area contributed by atoms with Gasteiger partial charge in [-0.1, -0.05) is 93.9 Å². The van der Waals surface area contributed by atoms with Crippen molar-refractivity contribution in [2.45, 2.75) is 109 Å². The predicted molar refractivity (Wildman–Crippen MR) is 178 cm³/mol. The van der Waals surface area contributed by atoms with Gasteiger partial charge in [-0.2, -0.15) is 0 Å². The van der Waals surface area contributed by atoms with E-state index in [4.69, 9.17) is 14.2 Å². The fourth-order valence-electron chi connectivity index (χ4n) is 4.21. The summed E-state index contributed by atoms with van der Waals surface area (Å²) in [6.45, 7) is 4.32. The number of allylic oxidation sites excluding steroid dienone is 10. The molecular weight excluding hydrogens is 558 g/mol. The standard InChI is InChI=1S/C36H59NO7/c1-6-8-10-12-14-15-16-17-18-19-21-23-25-27-35(39)44-32(30-42-29-28-33(36(40)41)37(3,4)5)31-43-34(38)26-24-22-20-13-11-9-7-2/h8-12,14-16,20,22,32-33H,6-7,13,17-19,21,23-31H2,1-5H3/p+1/b10-8+,11-9+,14-12+,16-15+,22-20+. The number of aliphatic carboxylic acids is 1. The highest BCUT2D eigenvalue weighted by Crippen LogP contribution is 2.11. The number of carboxylic acid groups (broad SMARTS) is 1. The normalized spacial score (nSPS) is 13.9. The number of ether oxygens (including phenoxy) is 3. The first-order valence-electron chi connectivity index (χ1n) is 16.4. The molecule has 0 bridgehead atoms. The molecule has 0 spiro atoms. The van der Waals surface area contributed by atoms with Crippen molar-refractivity contribution >= 4 is 17.9 Å². The third-order valence-electron chi connectivity index (χ3n) is 6.74. The Bertz CT molecular complexity index is 912. The third kappa shape index (κ3) is 25.5. The molecule has 0 aliphatic rings. The smallest absolute Gasteiger partial charge is 0.362 e. The van der Waals surface area contributed by atoms with Gasteiger partial charge in [-0.05, 0) is 44.9 Å². The van der Waals surface area contributed by atoms with Gasteiger partial charge in [-0.15, -0.1) is 0 Å². The van der Waals surface area contributed by atoms with Crippen LogP contribution in [-0.2, 0) is 28.6 Å². The highest BCUT2D eigenvalue weighted by atomic mass is 16.6. The lowest BCUT2D eigenvalue weighted by molar-refractivity contribution is -0.887. The van der Waals surface area contributed by atoms with E-state index in [-0.39, 0.29) is 42.7 Å². The van der Waals surface area contributed by atoms with Gasteiger partial charge in [-0.3, -0.25) is 9.59 Å². The number of hydrogen-bond donors (Lipinski definition) is 1. The largest absolute Gasteiger partial charge is 0.477 e. The summed E-state index contributed by atoms with van der Waals surface area (Å²) >= 11 is 0. The highest BCUT2D eigenvalue weighted by molar-refractivity contribution is 5.72. The number of likely N-dealkylation sites (N-methyl/N-ethyl adjacent to an activating group) is 1. The molecule has 8 heteroatoms. The number of rotatable bonds is 27. The third-order valence-corrected chi connectivity index (χ3v) is 6.74. The molecule has 0 saturated heterocycles. The minimum atomic E-state index is -0.891. The predicted octanol–water partition coefficient (Wildman–Crippen LogP) is 7.51. The number of nitrogens with zero attached hydrogens (tertiary/aromatic N) is 1. The molecule has 8 nitrogen and oxygen atoms in total. The second-order valence-electron chi connectivity index (χ2n) is 11.7. The van der Waals surface area contributed by atoms with Crippen molar-refractivity contribution < 1.29 is 38.2 Å². The van der Waals surface area contributed by atoms with Gasteiger partial charge in [0.1, 0.15) is 6.61 Å². The average Bonchev–Trinajstić information content (AvgIpc) is 2.96. The molecule has 0 rings (SSSR count). The van der Waals surface area contributed by atoms with E-state index in [2.05, 4.69) is 50.3 Å². The maximum atomic E-state index is 12.5. The van der Waals surface area contributed by atoms with Crippen LogP contribution in [0.3, 0.4) is 0 Å². The van der Waals surface area contributed by atoms with E-state index in [9.17, 15) is 19.5 Å². The lowest BCUT2D eigenvalue weighted by Gasteiger charge is -2.31. The summed E-state index contributed by atoms with van der Waals surface area (Å²) in [5.41, 5.74) is 0. The van der Waals surface area contributed by atoms with Crippen LogP contribution in [0.1, 0.15) is 97.3 Å². The van der Waals surface area contributed by atoms with Gasteiger partial charge in [0.2, 0.25) is 0 Å². The summed E-state index contributed by atoms with van der Waals surface area (Å²) in [7, 11) is 5.47. The number of carbonyl (C=O) groups is 3. The summed E-state index contributed by atoms with van der Waals surface area (Å²) in [6, 6.07) is -0.625. The summed E-state index contributed by atoms with van der Waals surface area (Å²) in [5.74, 6) is -1.60. The quantitative estimate of drug-likeness (QED) is 0.0334. The molecule has 0 aliphatic carbocycles. The van der Waals surface area contributed by atoms with E-state index in [0.717, 1.165) is 57.8 Å². The minimum absolute atomic E-state index is 0.0315. The Kier molecular flexibility index (Phi) is 25.7. The second-order valence-corrected chi connectivity index (χ2v) is 11.7. The van der Waals surface area contributed by atoms with Crippen LogP contribution in [0.2, 0.25) is 0 Å². The molecular formula is C36H60NO7+. The molecule has 1 N–H and O–H groups in total. The van der Waals surface area contributed by atoms with Gasteiger partial charge >= 0.3 is 17.9 Å². The number of hydrogen-bond acceptors (Lipinski definition) is 6. The Balaban J connectivity index is 4.57. The van der Waals surface area contributed by atoms with Crippen molar-refractivity contribution in [3.05, 3.63) is 60.8 Å². The summed E-state index contributed by atoms with van der Waals surface area (Å²) in [5, 5.41) is 9.53. The average molecular weight is 619 g/mol. The monoisotopic (exact) mass is 618 g/mol. The lowest BCUT2D eigenvalue weighted by atomic mass is 10.1. The van der Waals surface area contributed by atoms with E-state index in [1.807, 2.05) is 45.4 Å². The molecule has 2 atom stereocenters. The van der Waals surface area contributed by atoms with E-state index in [1.165, 1.54) is 0 Å². The lowest BCUT2D eigenvalue weighted by Crippen LogP contribution is -2.50. The molecule has 0 amide bonds. The maximum absolute atomic E-state index is 12.5. The van der Waals surface area contributed by atoms with Crippen LogP contribution < -0.4 is 0 Å². The van der Waals surface area contributed by atoms with E-state index in [1.54, 1.807) is 0 Å². The van der Waals surface area contributed by atoms with Crippen molar-refractivity contribution in [3.63, 3.8) is 0 Å². The SMILES string of the molecule is CC/C=C/C=C/C=C/CCCCCCCC(=O)OC(COCCC(C(=O)O)[N+](C)(C)C)COC(=O)CC/C=C/C/C=C/CC. The van der Waals surface area contributed by atoms with Crippen molar-refractivity contribution in [3.8, 4) is 0 Å². The van der Waals surface area contributed by atoms with Crippen LogP contribution in [0.15, 0.2) is 60.8 Å². The maximum Gasteiger partial charge on any atom is 0.362 e. The van der Waals surface area contributed by atoms with Crippen LogP contribution in [-0.4, -0.2) is 80.6 Å². The topological polar surface area (TPSA) is 99.1 Å². The Hall–Kier alpha value is -2.97. The fourth-order valence-corrected chi connectivity index (χ4v) is 4.21. The first-order chi connectivity index (χ1) is 21.1. The molecule has 0 radical (unpaired) electrons. The summed E-state index contributed by atoms with van der Waals surface area (Å²) < 4.78 is 17.0. The van der Waals surface area contributed by atoms with Gasteiger partial charge in [0.15, 0.2) is 12.1 Å². The number of esters is 2. The van der Waals surface area contributed by atoms with E-state index < -0.39 is 18.1 Å². The molecule has 0 saturated carbocycles.